The fourth-order valence-corrected chi connectivity index (χ4v) is 3.50. The van der Waals surface area contributed by atoms with E-state index in [9.17, 15) is 0 Å². The van der Waals surface area contributed by atoms with Crippen molar-refractivity contribution < 1.29 is 0 Å². The molecule has 1 atom stereocenters. The van der Waals surface area contributed by atoms with E-state index in [0.29, 0.717) is 0 Å². The number of halogens is 2. The summed E-state index contributed by atoms with van der Waals surface area (Å²) in [6.07, 6.45) is 0.955. The Kier molecular flexibility index (Phi) is 4.26. The van der Waals surface area contributed by atoms with Crippen LogP contribution in [-0.4, -0.2) is 0 Å². The number of rotatable bonds is 3. The second-order valence-electron chi connectivity index (χ2n) is 3.82. The highest BCUT2D eigenvalue weighted by molar-refractivity contribution is 9.10. The fraction of sp³-hybridized carbons (Fsp3) is 0.231. The van der Waals surface area contributed by atoms with E-state index in [4.69, 9.17) is 17.3 Å². The van der Waals surface area contributed by atoms with E-state index in [1.807, 2.05) is 12.1 Å². The summed E-state index contributed by atoms with van der Waals surface area (Å²) in [4.78, 5) is 2.41. The van der Waals surface area contributed by atoms with Crippen molar-refractivity contribution in [3.63, 3.8) is 0 Å². The van der Waals surface area contributed by atoms with Gasteiger partial charge in [-0.3, -0.25) is 0 Å². The SMILES string of the molecule is CCC(N)c1ccc(-c2cccc(Cl)c2Br)s1. The van der Waals surface area contributed by atoms with E-state index in [2.05, 4.69) is 41.1 Å². The van der Waals surface area contributed by atoms with Gasteiger partial charge in [0.05, 0.1) is 5.02 Å². The number of nitrogens with two attached hydrogens (primary N) is 1. The molecular weight excluding hydrogens is 318 g/mol. The third kappa shape index (κ3) is 2.74. The summed E-state index contributed by atoms with van der Waals surface area (Å²) in [5.74, 6) is 0. The molecule has 0 saturated heterocycles. The van der Waals surface area contributed by atoms with Crippen molar-refractivity contribution in [3.05, 3.63) is 44.7 Å². The van der Waals surface area contributed by atoms with Gasteiger partial charge in [-0.1, -0.05) is 30.7 Å². The van der Waals surface area contributed by atoms with Crippen LogP contribution in [0.5, 0.6) is 0 Å². The maximum absolute atomic E-state index is 6.09. The lowest BCUT2D eigenvalue weighted by molar-refractivity contribution is 0.712. The van der Waals surface area contributed by atoms with Gasteiger partial charge in [0.2, 0.25) is 0 Å². The molecule has 0 amide bonds. The van der Waals surface area contributed by atoms with Crippen molar-refractivity contribution in [2.75, 3.05) is 0 Å². The normalized spacial score (nSPS) is 12.7. The maximum Gasteiger partial charge on any atom is 0.0554 e. The minimum Gasteiger partial charge on any atom is -0.323 e. The van der Waals surface area contributed by atoms with E-state index in [1.54, 1.807) is 11.3 Å². The van der Waals surface area contributed by atoms with Crippen LogP contribution in [0.1, 0.15) is 24.3 Å². The third-order valence-electron chi connectivity index (χ3n) is 2.65. The zero-order valence-electron chi connectivity index (χ0n) is 9.41. The van der Waals surface area contributed by atoms with Gasteiger partial charge in [0.25, 0.3) is 0 Å². The molecule has 4 heteroatoms. The first-order valence-electron chi connectivity index (χ1n) is 5.43. The lowest BCUT2D eigenvalue weighted by atomic mass is 10.2. The van der Waals surface area contributed by atoms with E-state index < -0.39 is 0 Å². The van der Waals surface area contributed by atoms with Gasteiger partial charge in [-0.2, -0.15) is 0 Å². The molecule has 0 aliphatic heterocycles. The minimum absolute atomic E-state index is 0.131. The van der Waals surface area contributed by atoms with Gasteiger partial charge in [-0.15, -0.1) is 11.3 Å². The lowest BCUT2D eigenvalue weighted by Crippen LogP contribution is -2.05. The first-order chi connectivity index (χ1) is 8.13. The number of benzene rings is 1. The predicted molar refractivity (Wildman–Crippen MR) is 79.7 cm³/mol. The molecule has 1 aromatic heterocycles. The molecule has 0 radical (unpaired) electrons. The maximum atomic E-state index is 6.09. The van der Waals surface area contributed by atoms with Gasteiger partial charge in [-0.05, 0) is 40.5 Å². The minimum atomic E-state index is 0.131. The molecule has 0 spiro atoms. The van der Waals surface area contributed by atoms with Crippen molar-refractivity contribution in [1.29, 1.82) is 0 Å². The number of thiophene rings is 1. The van der Waals surface area contributed by atoms with Gasteiger partial charge < -0.3 is 5.73 Å². The highest BCUT2D eigenvalue weighted by atomic mass is 79.9. The van der Waals surface area contributed by atoms with E-state index in [-0.39, 0.29) is 6.04 Å². The molecule has 1 unspecified atom stereocenters. The first-order valence-corrected chi connectivity index (χ1v) is 7.42. The highest BCUT2D eigenvalue weighted by Crippen LogP contribution is 2.38. The second-order valence-corrected chi connectivity index (χ2v) is 6.13. The molecular formula is C13H13BrClNS. The molecule has 90 valence electrons. The van der Waals surface area contributed by atoms with E-state index in [0.717, 1.165) is 21.5 Å². The van der Waals surface area contributed by atoms with Crippen LogP contribution in [0.4, 0.5) is 0 Å². The molecule has 0 fully saturated rings. The van der Waals surface area contributed by atoms with Crippen LogP contribution in [0, 0.1) is 0 Å². The molecule has 0 bridgehead atoms. The van der Waals surface area contributed by atoms with Crippen LogP contribution in [0.25, 0.3) is 10.4 Å². The van der Waals surface area contributed by atoms with Gasteiger partial charge in [-0.25, -0.2) is 0 Å². The Morgan fingerprint density at radius 2 is 2.12 bits per heavy atom. The average molecular weight is 331 g/mol. The molecule has 2 rings (SSSR count). The van der Waals surface area contributed by atoms with Gasteiger partial charge in [0.15, 0.2) is 0 Å². The Hall–Kier alpha value is -0.350. The predicted octanol–water partition coefficient (Wildman–Crippen LogP) is 5.24. The molecule has 1 aromatic carbocycles. The van der Waals surface area contributed by atoms with E-state index in [1.165, 1.54) is 9.75 Å². The zero-order valence-corrected chi connectivity index (χ0v) is 12.6. The van der Waals surface area contributed by atoms with Crippen molar-refractivity contribution in [3.8, 4) is 10.4 Å². The van der Waals surface area contributed by atoms with Crippen LogP contribution in [0.15, 0.2) is 34.8 Å². The molecule has 2 aromatic rings. The first kappa shape index (κ1) is 13.1. The second kappa shape index (κ2) is 5.53. The van der Waals surface area contributed by atoms with Gasteiger partial charge in [0, 0.05) is 25.8 Å². The smallest absolute Gasteiger partial charge is 0.0554 e. The van der Waals surface area contributed by atoms with Crippen LogP contribution in [-0.2, 0) is 0 Å². The Labute approximate surface area is 119 Å². The lowest BCUT2D eigenvalue weighted by Gasteiger charge is -2.05. The topological polar surface area (TPSA) is 26.0 Å². The van der Waals surface area contributed by atoms with Crippen LogP contribution < -0.4 is 5.73 Å². The van der Waals surface area contributed by atoms with Crippen molar-refractivity contribution in [2.24, 2.45) is 5.73 Å². The van der Waals surface area contributed by atoms with Crippen LogP contribution >= 0.6 is 38.9 Å². The Morgan fingerprint density at radius 3 is 2.82 bits per heavy atom. The van der Waals surface area contributed by atoms with Crippen LogP contribution in [0.3, 0.4) is 0 Å². The Bertz CT molecular complexity index is 524. The molecule has 2 N–H and O–H groups in total. The van der Waals surface area contributed by atoms with Crippen LogP contribution in [0.2, 0.25) is 5.02 Å². The number of hydrogen-bond donors (Lipinski definition) is 1. The summed E-state index contributed by atoms with van der Waals surface area (Å²) in [7, 11) is 0. The molecule has 0 aliphatic rings. The summed E-state index contributed by atoms with van der Waals surface area (Å²) in [5, 5.41) is 0.734. The Morgan fingerprint density at radius 1 is 1.35 bits per heavy atom. The standard InChI is InChI=1S/C13H13BrClNS/c1-2-10(16)12-7-6-11(17-12)8-4-3-5-9(15)13(8)14/h3-7,10H,2,16H2,1H3. The van der Waals surface area contributed by atoms with Gasteiger partial charge >= 0.3 is 0 Å². The molecule has 17 heavy (non-hydrogen) atoms. The van der Waals surface area contributed by atoms with Gasteiger partial charge in [0.1, 0.15) is 0 Å². The monoisotopic (exact) mass is 329 g/mol. The largest absolute Gasteiger partial charge is 0.323 e. The molecule has 0 saturated carbocycles. The Balaban J connectivity index is 2.40. The summed E-state index contributed by atoms with van der Waals surface area (Å²) in [6, 6.07) is 10.2. The quantitative estimate of drug-likeness (QED) is 0.818. The number of hydrogen-bond acceptors (Lipinski definition) is 2. The van der Waals surface area contributed by atoms with Crippen molar-refractivity contribution >= 4 is 38.9 Å². The molecule has 1 heterocycles. The summed E-state index contributed by atoms with van der Waals surface area (Å²) < 4.78 is 0.945. The average Bonchev–Trinajstić information content (AvgIpc) is 2.81. The molecule has 0 aliphatic carbocycles. The zero-order chi connectivity index (χ0) is 12.4. The van der Waals surface area contributed by atoms with E-state index >= 15 is 0 Å². The van der Waals surface area contributed by atoms with Crippen molar-refractivity contribution in [1.82, 2.24) is 0 Å². The molecule has 1 nitrogen and oxygen atoms in total. The highest BCUT2D eigenvalue weighted by Gasteiger charge is 2.11. The van der Waals surface area contributed by atoms with Crippen molar-refractivity contribution in [2.45, 2.75) is 19.4 Å². The fourth-order valence-electron chi connectivity index (χ4n) is 1.59. The summed E-state index contributed by atoms with van der Waals surface area (Å²) >= 11 is 11.3. The summed E-state index contributed by atoms with van der Waals surface area (Å²) in [6.45, 7) is 2.10. The summed E-state index contributed by atoms with van der Waals surface area (Å²) in [5.41, 5.74) is 7.15. The third-order valence-corrected chi connectivity index (χ3v) is 5.30.